The second-order valence-corrected chi connectivity index (χ2v) is 3.85. The standard InChI is InChI=1S/C14H16FNO3/c1-2-8-16-13(17)10-19-14(18)7-6-11-4-3-5-12(15)9-11/h3-7,9H,2,8,10H2,1H3,(H,16,17). The van der Waals surface area contributed by atoms with E-state index in [0.29, 0.717) is 12.1 Å². The van der Waals surface area contributed by atoms with Crippen molar-refractivity contribution in [1.29, 1.82) is 0 Å². The number of hydrogen-bond donors (Lipinski definition) is 1. The van der Waals surface area contributed by atoms with E-state index in [1.165, 1.54) is 18.2 Å². The van der Waals surface area contributed by atoms with E-state index in [0.717, 1.165) is 12.5 Å². The fraction of sp³-hybridized carbons (Fsp3) is 0.286. The van der Waals surface area contributed by atoms with E-state index >= 15 is 0 Å². The van der Waals surface area contributed by atoms with Crippen molar-refractivity contribution in [3.63, 3.8) is 0 Å². The van der Waals surface area contributed by atoms with E-state index in [1.54, 1.807) is 12.1 Å². The molecule has 0 unspecified atom stereocenters. The van der Waals surface area contributed by atoms with Crippen molar-refractivity contribution in [3.05, 3.63) is 41.7 Å². The molecule has 0 heterocycles. The summed E-state index contributed by atoms with van der Waals surface area (Å²) in [4.78, 5) is 22.5. The molecule has 1 rings (SSSR count). The molecule has 1 aromatic carbocycles. The predicted octanol–water partition coefficient (Wildman–Crippen LogP) is 1.91. The molecular weight excluding hydrogens is 249 g/mol. The Morgan fingerprint density at radius 3 is 2.89 bits per heavy atom. The minimum atomic E-state index is -0.643. The van der Waals surface area contributed by atoms with Crippen LogP contribution in [0.25, 0.3) is 6.08 Å². The fourth-order valence-corrected chi connectivity index (χ4v) is 1.27. The van der Waals surface area contributed by atoms with Crippen molar-refractivity contribution < 1.29 is 18.7 Å². The van der Waals surface area contributed by atoms with Crippen LogP contribution < -0.4 is 5.32 Å². The summed E-state index contributed by atoms with van der Waals surface area (Å²) >= 11 is 0. The highest BCUT2D eigenvalue weighted by molar-refractivity contribution is 5.89. The number of carbonyl (C=O) groups is 2. The molecule has 0 aliphatic carbocycles. The van der Waals surface area contributed by atoms with E-state index in [9.17, 15) is 14.0 Å². The van der Waals surface area contributed by atoms with Crippen molar-refractivity contribution in [2.24, 2.45) is 0 Å². The lowest BCUT2D eigenvalue weighted by atomic mass is 10.2. The van der Waals surface area contributed by atoms with Gasteiger partial charge in [0.2, 0.25) is 0 Å². The van der Waals surface area contributed by atoms with Gasteiger partial charge in [-0.1, -0.05) is 19.1 Å². The molecular formula is C14H16FNO3. The normalized spacial score (nSPS) is 10.4. The Hall–Kier alpha value is -2.17. The zero-order valence-corrected chi connectivity index (χ0v) is 10.7. The summed E-state index contributed by atoms with van der Waals surface area (Å²) in [5.41, 5.74) is 0.549. The van der Waals surface area contributed by atoms with Crippen LogP contribution in [0.5, 0.6) is 0 Å². The lowest BCUT2D eigenvalue weighted by molar-refractivity contribution is -0.143. The van der Waals surface area contributed by atoms with Gasteiger partial charge in [0, 0.05) is 12.6 Å². The zero-order chi connectivity index (χ0) is 14.1. The monoisotopic (exact) mass is 265 g/mol. The molecule has 102 valence electrons. The number of benzene rings is 1. The Kier molecular flexibility index (Phi) is 6.29. The van der Waals surface area contributed by atoms with E-state index in [-0.39, 0.29) is 18.3 Å². The number of nitrogens with one attached hydrogen (secondary N) is 1. The molecule has 1 amide bonds. The predicted molar refractivity (Wildman–Crippen MR) is 69.7 cm³/mol. The number of esters is 1. The van der Waals surface area contributed by atoms with Gasteiger partial charge in [-0.05, 0) is 30.2 Å². The van der Waals surface area contributed by atoms with Crippen molar-refractivity contribution in [2.75, 3.05) is 13.2 Å². The number of halogens is 1. The molecule has 0 fully saturated rings. The first kappa shape index (κ1) is 14.9. The lowest BCUT2D eigenvalue weighted by Crippen LogP contribution is -2.28. The molecule has 0 aliphatic heterocycles. The maximum absolute atomic E-state index is 12.9. The summed E-state index contributed by atoms with van der Waals surface area (Å²) in [6.45, 7) is 2.16. The minimum absolute atomic E-state index is 0.313. The quantitative estimate of drug-likeness (QED) is 0.631. The van der Waals surface area contributed by atoms with Gasteiger partial charge in [-0.15, -0.1) is 0 Å². The molecule has 0 aliphatic rings. The summed E-state index contributed by atoms with van der Waals surface area (Å²) < 4.78 is 17.6. The Morgan fingerprint density at radius 2 is 2.21 bits per heavy atom. The first-order valence-corrected chi connectivity index (χ1v) is 5.99. The van der Waals surface area contributed by atoms with Crippen LogP contribution in [-0.4, -0.2) is 25.0 Å². The second kappa shape index (κ2) is 8.02. The average molecular weight is 265 g/mol. The fourth-order valence-electron chi connectivity index (χ4n) is 1.27. The maximum Gasteiger partial charge on any atom is 0.331 e. The second-order valence-electron chi connectivity index (χ2n) is 3.85. The summed E-state index contributed by atoms with van der Waals surface area (Å²) in [6, 6.07) is 5.80. The van der Waals surface area contributed by atoms with Crippen molar-refractivity contribution in [2.45, 2.75) is 13.3 Å². The van der Waals surface area contributed by atoms with Crippen molar-refractivity contribution in [3.8, 4) is 0 Å². The third-order valence-corrected chi connectivity index (χ3v) is 2.18. The van der Waals surface area contributed by atoms with Crippen LogP contribution in [0.1, 0.15) is 18.9 Å². The Morgan fingerprint density at radius 1 is 1.42 bits per heavy atom. The number of amides is 1. The van der Waals surface area contributed by atoms with Gasteiger partial charge < -0.3 is 10.1 Å². The number of hydrogen-bond acceptors (Lipinski definition) is 3. The third kappa shape index (κ3) is 6.35. The van der Waals surface area contributed by atoms with Crippen LogP contribution in [-0.2, 0) is 14.3 Å². The van der Waals surface area contributed by atoms with Crippen LogP contribution in [0.2, 0.25) is 0 Å². The summed E-state index contributed by atoms with van der Waals surface area (Å²) in [5.74, 6) is -1.36. The molecule has 0 aromatic heterocycles. The van der Waals surface area contributed by atoms with Gasteiger partial charge in [0.1, 0.15) is 5.82 Å². The van der Waals surface area contributed by atoms with E-state index < -0.39 is 5.97 Å². The van der Waals surface area contributed by atoms with Gasteiger partial charge in [0.05, 0.1) is 0 Å². The number of rotatable bonds is 6. The first-order chi connectivity index (χ1) is 9.11. The first-order valence-electron chi connectivity index (χ1n) is 5.99. The van der Waals surface area contributed by atoms with E-state index in [1.807, 2.05) is 6.92 Å². The van der Waals surface area contributed by atoms with Gasteiger partial charge in [0.25, 0.3) is 5.91 Å². The Bertz CT molecular complexity index is 472. The largest absolute Gasteiger partial charge is 0.452 e. The van der Waals surface area contributed by atoms with Crippen LogP contribution in [0.4, 0.5) is 4.39 Å². The van der Waals surface area contributed by atoms with Crippen LogP contribution in [0.15, 0.2) is 30.3 Å². The van der Waals surface area contributed by atoms with Crippen molar-refractivity contribution >= 4 is 18.0 Å². The van der Waals surface area contributed by atoms with E-state index in [2.05, 4.69) is 5.32 Å². The van der Waals surface area contributed by atoms with Crippen LogP contribution in [0, 0.1) is 5.82 Å². The number of carbonyl (C=O) groups excluding carboxylic acids is 2. The highest BCUT2D eigenvalue weighted by Crippen LogP contribution is 2.05. The van der Waals surface area contributed by atoms with Gasteiger partial charge in [-0.25, -0.2) is 9.18 Å². The topological polar surface area (TPSA) is 55.4 Å². The molecule has 0 spiro atoms. The molecule has 5 heteroatoms. The third-order valence-electron chi connectivity index (χ3n) is 2.18. The van der Waals surface area contributed by atoms with Crippen LogP contribution in [0.3, 0.4) is 0 Å². The SMILES string of the molecule is CCCNC(=O)COC(=O)C=Cc1cccc(F)c1. The molecule has 0 atom stereocenters. The Labute approximate surface area is 111 Å². The maximum atomic E-state index is 12.9. The zero-order valence-electron chi connectivity index (χ0n) is 10.7. The lowest BCUT2D eigenvalue weighted by Gasteiger charge is -2.03. The molecule has 0 saturated carbocycles. The van der Waals surface area contributed by atoms with Gasteiger partial charge in [-0.3, -0.25) is 4.79 Å². The highest BCUT2D eigenvalue weighted by atomic mass is 19.1. The molecule has 0 saturated heterocycles. The molecule has 1 N–H and O–H groups in total. The van der Waals surface area contributed by atoms with Gasteiger partial charge in [-0.2, -0.15) is 0 Å². The minimum Gasteiger partial charge on any atom is -0.452 e. The molecule has 0 bridgehead atoms. The van der Waals surface area contributed by atoms with E-state index in [4.69, 9.17) is 4.74 Å². The highest BCUT2D eigenvalue weighted by Gasteiger charge is 2.03. The summed E-state index contributed by atoms with van der Waals surface area (Å²) in [7, 11) is 0. The Balaban J connectivity index is 2.37. The van der Waals surface area contributed by atoms with Gasteiger partial charge in [0.15, 0.2) is 6.61 Å². The smallest absolute Gasteiger partial charge is 0.331 e. The summed E-state index contributed by atoms with van der Waals surface area (Å²) in [6.07, 6.45) is 3.40. The average Bonchev–Trinajstić information content (AvgIpc) is 2.40. The molecule has 19 heavy (non-hydrogen) atoms. The van der Waals surface area contributed by atoms with Gasteiger partial charge >= 0.3 is 5.97 Å². The number of ether oxygens (including phenoxy) is 1. The molecule has 0 radical (unpaired) electrons. The summed E-state index contributed by atoms with van der Waals surface area (Å²) in [5, 5.41) is 2.58. The van der Waals surface area contributed by atoms with Crippen molar-refractivity contribution in [1.82, 2.24) is 5.32 Å². The molecule has 4 nitrogen and oxygen atoms in total. The van der Waals surface area contributed by atoms with Crippen LogP contribution >= 0.6 is 0 Å². The molecule has 1 aromatic rings.